The molecule has 0 bridgehead atoms. The van der Waals surface area contributed by atoms with E-state index >= 15 is 0 Å². The van der Waals surface area contributed by atoms with E-state index in [4.69, 9.17) is 16.3 Å². The predicted molar refractivity (Wildman–Crippen MR) is 98.5 cm³/mol. The highest BCUT2D eigenvalue weighted by Crippen LogP contribution is 2.36. The summed E-state index contributed by atoms with van der Waals surface area (Å²) < 4.78 is 45.0. The van der Waals surface area contributed by atoms with Gasteiger partial charge in [0.15, 0.2) is 0 Å². The fourth-order valence-electron chi connectivity index (χ4n) is 3.80. The number of hydrogen-bond donors (Lipinski definition) is 0. The molecule has 0 aliphatic carbocycles. The van der Waals surface area contributed by atoms with Gasteiger partial charge >= 0.3 is 6.18 Å². The fourth-order valence-corrected chi connectivity index (χ4v) is 3.99. The molecule has 0 spiro atoms. The summed E-state index contributed by atoms with van der Waals surface area (Å²) in [6, 6.07) is 10.4. The van der Waals surface area contributed by atoms with Gasteiger partial charge in [0.25, 0.3) is 5.91 Å². The van der Waals surface area contributed by atoms with Crippen molar-refractivity contribution in [3.8, 4) is 5.75 Å². The maximum atomic E-state index is 13.0. The minimum absolute atomic E-state index is 0.0515. The van der Waals surface area contributed by atoms with Crippen molar-refractivity contribution < 1.29 is 22.7 Å². The molecule has 1 fully saturated rings. The van der Waals surface area contributed by atoms with E-state index < -0.39 is 17.6 Å². The molecule has 4 nitrogen and oxygen atoms in total. The van der Waals surface area contributed by atoms with Gasteiger partial charge in [-0.1, -0.05) is 29.8 Å². The second-order valence-corrected chi connectivity index (χ2v) is 7.54. The van der Waals surface area contributed by atoms with Gasteiger partial charge in [0.05, 0.1) is 17.2 Å². The summed E-state index contributed by atoms with van der Waals surface area (Å²) in [5, 5.41) is 0.671. The monoisotopic (exact) mass is 410 g/mol. The molecular weight excluding hydrogens is 393 g/mol. The van der Waals surface area contributed by atoms with Crippen LogP contribution in [0.3, 0.4) is 0 Å². The zero-order chi connectivity index (χ0) is 20.1. The van der Waals surface area contributed by atoms with Crippen LogP contribution in [0.15, 0.2) is 42.5 Å². The number of likely N-dealkylation sites (N-methyl/N-ethyl adjacent to an activating group) is 1. The summed E-state index contributed by atoms with van der Waals surface area (Å²) in [5.41, 5.74) is 0.0678. The number of amides is 1. The maximum Gasteiger partial charge on any atom is 0.416 e. The van der Waals surface area contributed by atoms with Gasteiger partial charge in [-0.15, -0.1) is 0 Å². The number of fused-ring (bicyclic) bond motifs is 2. The predicted octanol–water partition coefficient (Wildman–Crippen LogP) is 4.08. The average Bonchev–Trinajstić information content (AvgIpc) is 3.00. The Morgan fingerprint density at radius 1 is 1.18 bits per heavy atom. The van der Waals surface area contributed by atoms with Crippen LogP contribution in [0.2, 0.25) is 5.02 Å². The van der Waals surface area contributed by atoms with Crippen molar-refractivity contribution in [1.29, 1.82) is 0 Å². The third-order valence-corrected chi connectivity index (χ3v) is 5.67. The molecule has 0 unspecified atom stereocenters. The number of benzene rings is 2. The van der Waals surface area contributed by atoms with E-state index in [0.717, 1.165) is 17.7 Å². The highest BCUT2D eigenvalue weighted by atomic mass is 35.5. The minimum Gasteiger partial charge on any atom is -0.486 e. The molecule has 0 saturated carbocycles. The lowest BCUT2D eigenvalue weighted by Gasteiger charge is -2.25. The number of carbonyl (C=O) groups excluding carboxylic acids is 1. The Labute approximate surface area is 165 Å². The molecule has 4 rings (SSSR count). The zero-order valence-corrected chi connectivity index (χ0v) is 15.8. The second kappa shape index (κ2) is 6.97. The van der Waals surface area contributed by atoms with Gasteiger partial charge in [0.1, 0.15) is 11.9 Å². The lowest BCUT2D eigenvalue weighted by Crippen LogP contribution is -2.44. The van der Waals surface area contributed by atoms with Crippen molar-refractivity contribution in [3.63, 3.8) is 0 Å². The van der Waals surface area contributed by atoms with E-state index in [9.17, 15) is 18.0 Å². The highest BCUT2D eigenvalue weighted by Gasteiger charge is 2.43. The molecular formula is C20H18ClF3N2O2. The first-order valence-electron chi connectivity index (χ1n) is 8.85. The van der Waals surface area contributed by atoms with Crippen LogP contribution >= 0.6 is 11.6 Å². The van der Waals surface area contributed by atoms with Crippen LogP contribution < -0.4 is 4.74 Å². The van der Waals surface area contributed by atoms with Crippen molar-refractivity contribution in [2.75, 3.05) is 20.1 Å². The summed E-state index contributed by atoms with van der Waals surface area (Å²) in [6.45, 7) is 1.71. The molecule has 2 aromatic carbocycles. The molecule has 2 aliphatic rings. The molecule has 1 saturated heterocycles. The minimum atomic E-state index is -4.51. The quantitative estimate of drug-likeness (QED) is 0.748. The van der Waals surface area contributed by atoms with Crippen LogP contribution in [0.4, 0.5) is 13.2 Å². The first-order valence-corrected chi connectivity index (χ1v) is 9.22. The Balaban J connectivity index is 1.59. The van der Waals surface area contributed by atoms with Crippen LogP contribution in [0.1, 0.15) is 21.5 Å². The van der Waals surface area contributed by atoms with Crippen LogP contribution in [-0.2, 0) is 12.7 Å². The van der Waals surface area contributed by atoms with Crippen molar-refractivity contribution in [3.05, 3.63) is 64.2 Å². The lowest BCUT2D eigenvalue weighted by atomic mass is 10.1. The molecule has 8 heteroatoms. The summed E-state index contributed by atoms with van der Waals surface area (Å²) in [5.74, 6) is -0.273. The van der Waals surface area contributed by atoms with Crippen molar-refractivity contribution in [1.82, 2.24) is 9.80 Å². The summed E-state index contributed by atoms with van der Waals surface area (Å²) >= 11 is 6.24. The number of rotatable bonds is 2. The van der Waals surface area contributed by atoms with Gasteiger partial charge in [-0.05, 0) is 29.8 Å². The van der Waals surface area contributed by atoms with E-state index in [1.165, 1.54) is 11.0 Å². The first kappa shape index (κ1) is 19.1. The van der Waals surface area contributed by atoms with E-state index in [1.54, 1.807) is 7.05 Å². The number of halogens is 4. The highest BCUT2D eigenvalue weighted by molar-refractivity contribution is 6.31. The first-order chi connectivity index (χ1) is 13.2. The van der Waals surface area contributed by atoms with Gasteiger partial charge in [-0.3, -0.25) is 9.69 Å². The van der Waals surface area contributed by atoms with Crippen molar-refractivity contribution >= 4 is 17.5 Å². The van der Waals surface area contributed by atoms with Crippen LogP contribution in [-0.4, -0.2) is 48.0 Å². The zero-order valence-electron chi connectivity index (χ0n) is 15.0. The van der Waals surface area contributed by atoms with Crippen LogP contribution in [0.5, 0.6) is 5.75 Å². The van der Waals surface area contributed by atoms with Crippen LogP contribution in [0.25, 0.3) is 0 Å². The Morgan fingerprint density at radius 2 is 1.93 bits per heavy atom. The lowest BCUT2D eigenvalue weighted by molar-refractivity contribution is -0.137. The van der Waals surface area contributed by atoms with Crippen LogP contribution in [0, 0.1) is 0 Å². The number of nitrogens with zero attached hydrogens (tertiary/aromatic N) is 2. The third-order valence-electron chi connectivity index (χ3n) is 5.30. The maximum absolute atomic E-state index is 13.0. The third kappa shape index (κ3) is 3.44. The molecule has 28 heavy (non-hydrogen) atoms. The Hall–Kier alpha value is -2.25. The van der Waals surface area contributed by atoms with E-state index in [0.29, 0.717) is 24.7 Å². The molecule has 0 radical (unpaired) electrons. The molecule has 2 heterocycles. The smallest absolute Gasteiger partial charge is 0.416 e. The molecule has 2 atom stereocenters. The Morgan fingerprint density at radius 3 is 2.64 bits per heavy atom. The van der Waals surface area contributed by atoms with E-state index in [2.05, 4.69) is 4.90 Å². The normalized spacial score (nSPS) is 22.5. The second-order valence-electron chi connectivity index (χ2n) is 7.13. The number of ether oxygens (including phenoxy) is 1. The fraction of sp³-hybridized carbons (Fsp3) is 0.350. The summed E-state index contributed by atoms with van der Waals surface area (Å²) in [4.78, 5) is 16.4. The molecule has 1 amide bonds. The van der Waals surface area contributed by atoms with E-state index in [-0.39, 0.29) is 23.5 Å². The van der Waals surface area contributed by atoms with Crippen molar-refractivity contribution in [2.24, 2.45) is 0 Å². The SMILES string of the molecule is CN1C(=O)c2cc(C(F)(F)F)ccc2O[C@H]2CN(Cc3ccccc3Cl)C[C@H]21. The molecule has 2 aliphatic heterocycles. The summed E-state index contributed by atoms with van der Waals surface area (Å²) in [7, 11) is 1.61. The van der Waals surface area contributed by atoms with Gasteiger partial charge < -0.3 is 9.64 Å². The standard InChI is InChI=1S/C20H18ClF3N2O2/c1-25-16-10-26(9-12-4-2-3-5-15(12)21)11-18(16)28-17-7-6-13(20(22,23)24)8-14(17)19(25)27/h2-8,16,18H,9-11H2,1H3/t16-,18+/m1/s1. The van der Waals surface area contributed by atoms with Gasteiger partial charge in [-0.25, -0.2) is 0 Å². The molecule has 0 N–H and O–H groups in total. The number of likely N-dealkylation sites (tertiary alicyclic amines) is 1. The average molecular weight is 411 g/mol. The number of hydrogen-bond acceptors (Lipinski definition) is 3. The van der Waals surface area contributed by atoms with Crippen molar-refractivity contribution in [2.45, 2.75) is 24.9 Å². The van der Waals surface area contributed by atoms with Gasteiger partial charge in [0, 0.05) is 31.7 Å². The molecule has 2 aromatic rings. The molecule has 0 aromatic heterocycles. The number of alkyl halides is 3. The number of carbonyl (C=O) groups is 1. The topological polar surface area (TPSA) is 32.8 Å². The largest absolute Gasteiger partial charge is 0.486 e. The van der Waals surface area contributed by atoms with Gasteiger partial charge in [0.2, 0.25) is 0 Å². The molecule has 148 valence electrons. The van der Waals surface area contributed by atoms with Gasteiger partial charge in [-0.2, -0.15) is 13.2 Å². The Kier molecular flexibility index (Phi) is 4.75. The summed E-state index contributed by atoms with van der Waals surface area (Å²) in [6.07, 6.45) is -4.84. The Bertz CT molecular complexity index is 919. The van der Waals surface area contributed by atoms with E-state index in [1.807, 2.05) is 24.3 Å².